The van der Waals surface area contributed by atoms with Gasteiger partial charge in [-0.2, -0.15) is 0 Å². The number of ether oxygens (including phenoxy) is 4. The molecule has 13 heteroatoms. The first kappa shape index (κ1) is 38.1. The van der Waals surface area contributed by atoms with E-state index in [1.165, 1.54) is 11.1 Å². The standard InChI is InChI=1S/C40H53ClN4O7S/c1-39(2)37(46)43-53(48,44-38(47)42-29-11-13-30(49-3)14-12-29)31-15-18-36-34(22-31)45(23-27-9-16-32(27)35(50-4)8-6-20-52-39)24-40(25-51-36)19-5-7-26-21-28(41)10-17-33(26)40/h6,8,10,15,17-18,21-22,27,29-30,32,35H,5,7,9,11-14,16,19-20,23-25H2,1-4H3,(H2,42,43,44,46,47,48)/b8-6-/t27-,29?,30?,32+,35-,40-,53?/m0/s1. The van der Waals surface area contributed by atoms with Gasteiger partial charge in [0.25, 0.3) is 5.91 Å². The molecule has 1 spiro atoms. The number of fused-ring (bicyclic) bond motifs is 4. The molecule has 2 bridgehead atoms. The SMILES string of the molecule is COC1CCC(NC(=O)NS2(=O)=NC(=O)C(C)(C)OC/C=C\[C@H](OC)[C@@H]3CC[C@H]3CN3C[C@@]4(CCCc5cc(Cl)ccc54)COc4ccc2cc43)CC1. The molecule has 0 aromatic heterocycles. The predicted octanol–water partition coefficient (Wildman–Crippen LogP) is 6.74. The molecule has 2 N–H and O–H groups in total. The third kappa shape index (κ3) is 7.99. The van der Waals surface area contributed by atoms with E-state index in [0.29, 0.717) is 24.8 Å². The third-order valence-electron chi connectivity index (χ3n) is 12.1. The van der Waals surface area contributed by atoms with E-state index in [2.05, 4.69) is 31.4 Å². The number of hydrogen-bond acceptors (Lipinski definition) is 8. The van der Waals surface area contributed by atoms with Crippen LogP contribution < -0.4 is 19.7 Å². The number of nitrogens with one attached hydrogen (secondary N) is 2. The van der Waals surface area contributed by atoms with Crippen molar-refractivity contribution in [1.82, 2.24) is 10.0 Å². The Kier molecular flexibility index (Phi) is 11.2. The summed E-state index contributed by atoms with van der Waals surface area (Å²) in [6, 6.07) is 10.7. The zero-order valence-corrected chi connectivity index (χ0v) is 32.8. The van der Waals surface area contributed by atoms with Crippen LogP contribution in [0.3, 0.4) is 0 Å². The molecule has 53 heavy (non-hydrogen) atoms. The number of hydrogen-bond donors (Lipinski definition) is 2. The molecule has 0 radical (unpaired) electrons. The van der Waals surface area contributed by atoms with Crippen molar-refractivity contribution < 1.29 is 32.7 Å². The summed E-state index contributed by atoms with van der Waals surface area (Å²) in [6.45, 7) is 5.20. The number of nitrogens with zero attached hydrogens (tertiary/aromatic N) is 2. The van der Waals surface area contributed by atoms with Crippen molar-refractivity contribution >= 4 is 39.1 Å². The van der Waals surface area contributed by atoms with E-state index in [9.17, 15) is 9.59 Å². The topological polar surface area (TPSA) is 128 Å². The van der Waals surface area contributed by atoms with E-state index < -0.39 is 27.5 Å². The van der Waals surface area contributed by atoms with Crippen molar-refractivity contribution in [2.45, 2.75) is 106 Å². The van der Waals surface area contributed by atoms with Crippen LogP contribution >= 0.6 is 11.6 Å². The summed E-state index contributed by atoms with van der Waals surface area (Å²) < 4.78 is 46.3. The minimum atomic E-state index is -3.85. The van der Waals surface area contributed by atoms with Gasteiger partial charge in [0.2, 0.25) is 0 Å². The number of amides is 3. The molecule has 2 saturated carbocycles. The average molecular weight is 769 g/mol. The number of urea groups is 1. The number of carbonyl (C=O) groups is 2. The second kappa shape index (κ2) is 15.5. The summed E-state index contributed by atoms with van der Waals surface area (Å²) in [4.78, 5) is 30.0. The number of rotatable bonds is 4. The van der Waals surface area contributed by atoms with Gasteiger partial charge in [-0.1, -0.05) is 29.8 Å². The minimum Gasteiger partial charge on any atom is -0.490 e. The summed E-state index contributed by atoms with van der Waals surface area (Å²) in [6.07, 6.45) is 12.0. The Balaban J connectivity index is 1.30. The van der Waals surface area contributed by atoms with E-state index in [1.54, 1.807) is 46.3 Å². The van der Waals surface area contributed by atoms with Gasteiger partial charge in [0.1, 0.15) is 11.4 Å². The molecule has 5 atom stereocenters. The highest BCUT2D eigenvalue weighted by Gasteiger charge is 2.45. The predicted molar refractivity (Wildman–Crippen MR) is 205 cm³/mol. The molecule has 3 amide bonds. The lowest BCUT2D eigenvalue weighted by Gasteiger charge is -2.46. The first-order valence-electron chi connectivity index (χ1n) is 19.0. The van der Waals surface area contributed by atoms with Gasteiger partial charge in [0, 0.05) is 43.8 Å². The fraction of sp³-hybridized carbons (Fsp3) is 0.600. The van der Waals surface area contributed by atoms with Crippen LogP contribution in [-0.2, 0) is 40.8 Å². The van der Waals surface area contributed by atoms with Crippen LogP contribution in [0.25, 0.3) is 0 Å². The van der Waals surface area contributed by atoms with Gasteiger partial charge in [-0.15, -0.1) is 4.36 Å². The van der Waals surface area contributed by atoms with Crippen LogP contribution in [0.15, 0.2) is 57.8 Å². The second-order valence-electron chi connectivity index (χ2n) is 15.9. The van der Waals surface area contributed by atoms with Crippen LogP contribution in [0.1, 0.15) is 76.3 Å². The fourth-order valence-electron chi connectivity index (χ4n) is 8.85. The molecular formula is C40H53ClN4O7S. The summed E-state index contributed by atoms with van der Waals surface area (Å²) in [7, 11) is -0.417. The van der Waals surface area contributed by atoms with Gasteiger partial charge in [0.15, 0.2) is 9.92 Å². The number of benzene rings is 2. The molecule has 7 rings (SSSR count). The van der Waals surface area contributed by atoms with E-state index >= 15 is 4.21 Å². The molecular weight excluding hydrogens is 716 g/mol. The number of methoxy groups -OCH3 is 2. The minimum absolute atomic E-state index is 0.111. The van der Waals surface area contributed by atoms with Gasteiger partial charge in [-0.25, -0.2) is 13.7 Å². The lowest BCUT2D eigenvalue weighted by Crippen LogP contribution is -2.49. The quantitative estimate of drug-likeness (QED) is 0.328. The Morgan fingerprint density at radius 1 is 1.06 bits per heavy atom. The molecule has 2 aromatic carbocycles. The Labute approximate surface area is 318 Å². The van der Waals surface area contributed by atoms with Crippen molar-refractivity contribution in [2.24, 2.45) is 16.2 Å². The van der Waals surface area contributed by atoms with Crippen LogP contribution in [0.2, 0.25) is 5.02 Å². The Bertz CT molecular complexity index is 1850. The average Bonchev–Trinajstić information content (AvgIpc) is 3.27. The maximum atomic E-state index is 15.1. The zero-order chi connectivity index (χ0) is 37.4. The number of carbonyl (C=O) groups excluding carboxylic acids is 2. The maximum absolute atomic E-state index is 15.1. The van der Waals surface area contributed by atoms with Crippen LogP contribution in [0.4, 0.5) is 10.5 Å². The van der Waals surface area contributed by atoms with E-state index in [4.69, 9.17) is 30.5 Å². The van der Waals surface area contributed by atoms with Crippen molar-refractivity contribution in [3.05, 3.63) is 64.7 Å². The lowest BCUT2D eigenvalue weighted by atomic mass is 9.68. The van der Waals surface area contributed by atoms with Crippen LogP contribution in [-0.4, -0.2) is 80.5 Å². The first-order valence-corrected chi connectivity index (χ1v) is 20.9. The number of aryl methyl sites for hydroxylation is 1. The molecule has 288 valence electrons. The lowest BCUT2D eigenvalue weighted by molar-refractivity contribution is -0.137. The summed E-state index contributed by atoms with van der Waals surface area (Å²) in [5.41, 5.74) is 1.53. The van der Waals surface area contributed by atoms with E-state index in [-0.39, 0.29) is 41.1 Å². The molecule has 5 aliphatic rings. The Hall–Kier alpha value is -3.16. The highest BCUT2D eigenvalue weighted by Crippen LogP contribution is 2.47. The first-order chi connectivity index (χ1) is 25.4. The fourth-order valence-corrected chi connectivity index (χ4v) is 10.6. The Morgan fingerprint density at radius 3 is 2.60 bits per heavy atom. The van der Waals surface area contributed by atoms with Gasteiger partial charge in [-0.05, 0) is 125 Å². The highest BCUT2D eigenvalue weighted by molar-refractivity contribution is 7.92. The number of halogens is 1. The van der Waals surface area contributed by atoms with Gasteiger partial charge in [0.05, 0.1) is 36.0 Å². The van der Waals surface area contributed by atoms with Crippen molar-refractivity contribution in [1.29, 1.82) is 0 Å². The van der Waals surface area contributed by atoms with Crippen molar-refractivity contribution in [3.63, 3.8) is 0 Å². The van der Waals surface area contributed by atoms with E-state index in [0.717, 1.165) is 75.0 Å². The summed E-state index contributed by atoms with van der Waals surface area (Å²) in [5, 5.41) is 3.71. The number of anilines is 1. The maximum Gasteiger partial charge on any atom is 0.327 e. The van der Waals surface area contributed by atoms with E-state index in [1.807, 2.05) is 18.2 Å². The molecule has 1 unspecified atom stereocenters. The van der Waals surface area contributed by atoms with Gasteiger partial charge in [-0.3, -0.25) is 4.79 Å². The summed E-state index contributed by atoms with van der Waals surface area (Å²) >= 11 is 6.48. The molecule has 2 heterocycles. The van der Waals surface area contributed by atoms with Crippen molar-refractivity contribution in [2.75, 3.05) is 45.4 Å². The smallest absolute Gasteiger partial charge is 0.327 e. The van der Waals surface area contributed by atoms with Crippen molar-refractivity contribution in [3.8, 4) is 5.75 Å². The third-order valence-corrected chi connectivity index (χ3v) is 14.1. The molecule has 2 fully saturated rings. The Morgan fingerprint density at radius 2 is 1.87 bits per heavy atom. The highest BCUT2D eigenvalue weighted by atomic mass is 35.5. The van der Waals surface area contributed by atoms with Gasteiger partial charge < -0.3 is 29.2 Å². The molecule has 0 saturated heterocycles. The largest absolute Gasteiger partial charge is 0.490 e. The molecule has 2 aliphatic heterocycles. The zero-order valence-electron chi connectivity index (χ0n) is 31.2. The molecule has 11 nitrogen and oxygen atoms in total. The van der Waals surface area contributed by atoms with Gasteiger partial charge >= 0.3 is 6.03 Å². The normalized spacial score (nSPS) is 33.2. The molecule has 3 aliphatic carbocycles. The van der Waals surface area contributed by atoms with Crippen LogP contribution in [0.5, 0.6) is 5.75 Å². The summed E-state index contributed by atoms with van der Waals surface area (Å²) in [5.74, 6) is 0.516. The second-order valence-corrected chi connectivity index (χ2v) is 18.2. The molecule has 2 aromatic rings. The monoisotopic (exact) mass is 768 g/mol. The van der Waals surface area contributed by atoms with Crippen LogP contribution in [0, 0.1) is 11.8 Å².